The Labute approximate surface area is 296 Å². The number of para-hydroxylation sites is 2. The van der Waals surface area contributed by atoms with Gasteiger partial charge in [-0.3, -0.25) is 0 Å². The molecule has 0 saturated carbocycles. The monoisotopic (exact) mass is 654 g/mol. The first-order chi connectivity index (χ1) is 23.3. The van der Waals surface area contributed by atoms with Crippen molar-refractivity contribution >= 4 is 30.0 Å². The Balaban J connectivity index is 2.24. The van der Waals surface area contributed by atoms with Crippen LogP contribution in [-0.2, 0) is 9.31 Å². The fourth-order valence-corrected chi connectivity index (χ4v) is 6.67. The summed E-state index contributed by atoms with van der Waals surface area (Å²) in [5, 5.41) is 0. The Morgan fingerprint density at radius 3 is 2.10 bits per heavy atom. The molecule has 1 aromatic heterocycles. The lowest BCUT2D eigenvalue weighted by Crippen LogP contribution is -2.44. The zero-order valence-electron chi connectivity index (χ0n) is 31.4. The van der Waals surface area contributed by atoms with Crippen LogP contribution in [0.15, 0.2) is 127 Å². The van der Waals surface area contributed by atoms with Crippen LogP contribution in [0.3, 0.4) is 0 Å². The van der Waals surface area contributed by atoms with E-state index in [1.807, 2.05) is 19.1 Å². The van der Waals surface area contributed by atoms with E-state index in [4.69, 9.17) is 9.31 Å². The molecule has 1 saturated heterocycles. The molecule has 3 aromatic rings. The number of anilines is 1. The topological polar surface area (TPSA) is 26.6 Å². The number of likely N-dealkylation sites (N-methyl/N-ethyl adjacent to an activating group) is 1. The predicted octanol–water partition coefficient (Wildman–Crippen LogP) is 11.7. The minimum absolute atomic E-state index is 0.421. The minimum Gasteiger partial charge on any atom is -0.400 e. The summed E-state index contributed by atoms with van der Waals surface area (Å²) in [4.78, 5) is 2.36. The van der Waals surface area contributed by atoms with Gasteiger partial charge >= 0.3 is 7.12 Å². The summed E-state index contributed by atoms with van der Waals surface area (Å²) in [7, 11) is -0.499. The highest BCUT2D eigenvalue weighted by molar-refractivity contribution is 6.54. The van der Waals surface area contributed by atoms with E-state index in [2.05, 4.69) is 176 Å². The van der Waals surface area contributed by atoms with Crippen LogP contribution in [0.4, 0.5) is 5.69 Å². The van der Waals surface area contributed by atoms with E-state index >= 15 is 0 Å². The molecule has 1 aliphatic heterocycles. The Kier molecular flexibility index (Phi) is 12.2. The normalized spacial score (nSPS) is 18.8. The fourth-order valence-electron chi connectivity index (χ4n) is 6.67. The summed E-state index contributed by atoms with van der Waals surface area (Å²) < 4.78 is 15.8. The molecule has 5 heteroatoms. The standard InChI is InChI=1S/C44H55BN2O2/c1-13-17-25-33(7)42-40(38(30-18-14-2)35(9)47(42)37-28-23-20-24-29-37)39(31-34(8)45-48-43(10,11)44(12,15-3)49-45)41(32(5)6)46(16-4)36-26-21-19-22-27-36/h13-14,17-31H,2,5,15-16H2,1,3-4,6-12H3/b17-13-,30-18-,33-25+,34-31+,41-39-. The van der Waals surface area contributed by atoms with Crippen molar-refractivity contribution in [1.82, 2.24) is 4.57 Å². The second-order valence-corrected chi connectivity index (χ2v) is 13.5. The van der Waals surface area contributed by atoms with Crippen molar-refractivity contribution in [3.8, 4) is 5.69 Å². The Hall–Kier alpha value is -4.32. The summed E-state index contributed by atoms with van der Waals surface area (Å²) in [5.41, 5.74) is 11.0. The van der Waals surface area contributed by atoms with Crippen LogP contribution in [0, 0.1) is 6.92 Å². The van der Waals surface area contributed by atoms with Gasteiger partial charge in [-0.1, -0.05) is 99.0 Å². The number of aromatic nitrogens is 1. The highest BCUT2D eigenvalue weighted by Gasteiger charge is 2.53. The maximum atomic E-state index is 6.75. The number of benzene rings is 2. The van der Waals surface area contributed by atoms with Crippen molar-refractivity contribution in [3.05, 3.63) is 150 Å². The van der Waals surface area contributed by atoms with Gasteiger partial charge in [0.2, 0.25) is 0 Å². The number of rotatable bonds is 13. The highest BCUT2D eigenvalue weighted by Crippen LogP contribution is 2.44. The summed E-state index contributed by atoms with van der Waals surface area (Å²) in [6.45, 7) is 30.8. The third-order valence-electron chi connectivity index (χ3n) is 9.82. The molecule has 1 atom stereocenters. The maximum Gasteiger partial charge on any atom is 0.490 e. The summed E-state index contributed by atoms with van der Waals surface area (Å²) >= 11 is 0. The first-order valence-corrected chi connectivity index (χ1v) is 17.5. The smallest absolute Gasteiger partial charge is 0.400 e. The van der Waals surface area contributed by atoms with E-state index in [1.54, 1.807) is 0 Å². The molecule has 0 spiro atoms. The van der Waals surface area contributed by atoms with Crippen LogP contribution in [-0.4, -0.2) is 29.4 Å². The SMILES string of the molecule is C=C/C=C\c1c(C(/C=C(\C)B2OC(C)(C)C(C)(CC)O2)=C(/C(=C)C)N(CC)c2ccccc2)c(/C(C)=C/C=C\C)n(-c2ccccc2)c1C. The molecule has 1 aliphatic rings. The zero-order chi connectivity index (χ0) is 35.9. The first kappa shape index (κ1) is 37.5. The van der Waals surface area contributed by atoms with E-state index in [-0.39, 0.29) is 0 Å². The largest absolute Gasteiger partial charge is 0.490 e. The Morgan fingerprint density at radius 2 is 1.57 bits per heavy atom. The van der Waals surface area contributed by atoms with Crippen LogP contribution < -0.4 is 4.90 Å². The second kappa shape index (κ2) is 15.9. The lowest BCUT2D eigenvalue weighted by Gasteiger charge is -2.35. The molecule has 0 aliphatic carbocycles. The van der Waals surface area contributed by atoms with Gasteiger partial charge < -0.3 is 18.8 Å². The minimum atomic E-state index is -0.499. The van der Waals surface area contributed by atoms with Crippen LogP contribution in [0.1, 0.15) is 91.2 Å². The predicted molar refractivity (Wildman–Crippen MR) is 214 cm³/mol. The Bertz CT molecular complexity index is 1800. The van der Waals surface area contributed by atoms with Gasteiger partial charge in [-0.15, -0.1) is 0 Å². The lowest BCUT2D eigenvalue weighted by atomic mass is 9.77. The quantitative estimate of drug-likeness (QED) is 0.136. The maximum absolute atomic E-state index is 6.75. The van der Waals surface area contributed by atoms with Gasteiger partial charge in [0, 0.05) is 40.3 Å². The first-order valence-electron chi connectivity index (χ1n) is 17.5. The van der Waals surface area contributed by atoms with Gasteiger partial charge in [0.1, 0.15) is 0 Å². The van der Waals surface area contributed by atoms with Crippen molar-refractivity contribution in [1.29, 1.82) is 0 Å². The van der Waals surface area contributed by atoms with Crippen LogP contribution in [0.25, 0.3) is 22.9 Å². The summed E-state index contributed by atoms with van der Waals surface area (Å²) in [5.74, 6) is 0. The molecule has 0 bridgehead atoms. The van der Waals surface area contributed by atoms with Gasteiger partial charge in [0.25, 0.3) is 0 Å². The fraction of sp³-hybridized carbons (Fsp3) is 0.318. The number of allylic oxidation sites excluding steroid dienone is 10. The lowest BCUT2D eigenvalue weighted by molar-refractivity contribution is -0.0118. The molecule has 2 aromatic carbocycles. The summed E-state index contributed by atoms with van der Waals surface area (Å²) in [6.07, 6.45) is 15.5. The zero-order valence-corrected chi connectivity index (χ0v) is 31.4. The van der Waals surface area contributed by atoms with Gasteiger partial charge in [-0.05, 0) is 110 Å². The summed E-state index contributed by atoms with van der Waals surface area (Å²) in [6, 6.07) is 21.2. The molecule has 2 heterocycles. The van der Waals surface area contributed by atoms with Gasteiger partial charge in [0.05, 0.1) is 22.6 Å². The Morgan fingerprint density at radius 1 is 0.939 bits per heavy atom. The van der Waals surface area contributed by atoms with Crippen LogP contribution in [0.5, 0.6) is 0 Å². The molecule has 49 heavy (non-hydrogen) atoms. The van der Waals surface area contributed by atoms with Crippen molar-refractivity contribution < 1.29 is 9.31 Å². The van der Waals surface area contributed by atoms with Crippen molar-refractivity contribution in [2.45, 2.75) is 86.9 Å². The molecule has 0 amide bonds. The van der Waals surface area contributed by atoms with Crippen molar-refractivity contribution in [2.24, 2.45) is 0 Å². The molecule has 4 rings (SSSR count). The molecule has 0 N–H and O–H groups in total. The molecule has 1 unspecified atom stereocenters. The van der Waals surface area contributed by atoms with Crippen LogP contribution >= 0.6 is 0 Å². The van der Waals surface area contributed by atoms with E-state index < -0.39 is 18.3 Å². The van der Waals surface area contributed by atoms with E-state index in [0.717, 1.165) is 74.7 Å². The highest BCUT2D eigenvalue weighted by atomic mass is 16.7. The van der Waals surface area contributed by atoms with Gasteiger partial charge in [0.15, 0.2) is 0 Å². The third kappa shape index (κ3) is 7.64. The molecule has 0 radical (unpaired) electrons. The average Bonchev–Trinajstić information content (AvgIpc) is 3.52. The number of hydrogen-bond acceptors (Lipinski definition) is 3. The molecular formula is C44H55BN2O2. The second-order valence-electron chi connectivity index (χ2n) is 13.5. The van der Waals surface area contributed by atoms with E-state index in [1.165, 1.54) is 0 Å². The number of nitrogens with zero attached hydrogens (tertiary/aromatic N) is 2. The molecule has 4 nitrogen and oxygen atoms in total. The number of hydrogen-bond donors (Lipinski definition) is 0. The van der Waals surface area contributed by atoms with Crippen molar-refractivity contribution in [3.63, 3.8) is 0 Å². The van der Waals surface area contributed by atoms with Gasteiger partial charge in [-0.2, -0.15) is 0 Å². The van der Waals surface area contributed by atoms with E-state index in [0.29, 0.717) is 0 Å². The third-order valence-corrected chi connectivity index (χ3v) is 9.82. The van der Waals surface area contributed by atoms with Gasteiger partial charge in [-0.25, -0.2) is 0 Å². The molecule has 256 valence electrons. The average molecular weight is 655 g/mol. The van der Waals surface area contributed by atoms with Crippen molar-refractivity contribution in [2.75, 3.05) is 11.4 Å². The molecular weight excluding hydrogens is 599 g/mol. The van der Waals surface area contributed by atoms with E-state index in [9.17, 15) is 0 Å². The van der Waals surface area contributed by atoms with Crippen LogP contribution in [0.2, 0.25) is 0 Å². The molecule has 1 fully saturated rings.